The van der Waals surface area contributed by atoms with Crippen LogP contribution in [-0.4, -0.2) is 28.2 Å². The molecule has 0 aromatic carbocycles. The lowest BCUT2D eigenvalue weighted by atomic mass is 9.44. The molecule has 0 aromatic heterocycles. The summed E-state index contributed by atoms with van der Waals surface area (Å²) >= 11 is 0. The molecule has 0 spiro atoms. The van der Waals surface area contributed by atoms with Gasteiger partial charge in [0.15, 0.2) is 5.78 Å². The number of aliphatic hydroxyl groups is 2. The fraction of sp³-hybridized carbons (Fsp3) is 0.900. The van der Waals surface area contributed by atoms with Gasteiger partial charge in [-0.2, -0.15) is 0 Å². The molecule has 0 amide bonds. The lowest BCUT2D eigenvalue weighted by Crippen LogP contribution is -2.56. The Morgan fingerprint density at radius 1 is 0.879 bits per heavy atom. The topological polar surface area (TPSA) is 57.5 Å². The van der Waals surface area contributed by atoms with Crippen molar-refractivity contribution in [2.75, 3.05) is 6.61 Å². The summed E-state index contributed by atoms with van der Waals surface area (Å²) in [5, 5.41) is 20.3. The maximum atomic E-state index is 12.3. The number of carbonyl (C=O) groups excluding carboxylic acids is 1. The highest BCUT2D eigenvalue weighted by molar-refractivity contribution is 5.91. The Hall–Kier alpha value is -0.670. The van der Waals surface area contributed by atoms with Gasteiger partial charge in [0.2, 0.25) is 0 Å². The average molecular weight is 459 g/mol. The molecular formula is C30H50O3. The Balaban J connectivity index is 1.43. The van der Waals surface area contributed by atoms with Gasteiger partial charge in [-0.1, -0.05) is 64.4 Å². The van der Waals surface area contributed by atoms with E-state index >= 15 is 0 Å². The highest BCUT2D eigenvalue weighted by Gasteiger charge is 2.64. The summed E-state index contributed by atoms with van der Waals surface area (Å²) in [7, 11) is 0. The van der Waals surface area contributed by atoms with E-state index in [2.05, 4.69) is 26.8 Å². The summed E-state index contributed by atoms with van der Waals surface area (Å²) in [5.41, 5.74) is 1.22. The molecule has 0 radical (unpaired) electrons. The van der Waals surface area contributed by atoms with Gasteiger partial charge < -0.3 is 10.2 Å². The minimum Gasteiger partial charge on any atom is -0.396 e. The number of aliphatic hydroxyl groups excluding tert-OH is 1. The third kappa shape index (κ3) is 4.75. The van der Waals surface area contributed by atoms with Crippen molar-refractivity contribution in [3.8, 4) is 0 Å². The molecule has 0 aliphatic heterocycles. The fourth-order valence-corrected chi connectivity index (χ4v) is 8.82. The molecule has 3 heteroatoms. The van der Waals surface area contributed by atoms with Crippen LogP contribution in [0.5, 0.6) is 0 Å². The van der Waals surface area contributed by atoms with E-state index in [4.69, 9.17) is 5.11 Å². The zero-order valence-corrected chi connectivity index (χ0v) is 21.7. The first-order chi connectivity index (χ1) is 15.7. The molecule has 3 fully saturated rings. The second-order valence-corrected chi connectivity index (χ2v) is 12.9. The summed E-state index contributed by atoms with van der Waals surface area (Å²) in [6.45, 7) is 7.32. The molecule has 7 atom stereocenters. The molecule has 2 N–H and O–H groups in total. The Kier molecular flexibility index (Phi) is 7.81. The van der Waals surface area contributed by atoms with Crippen LogP contribution in [0.3, 0.4) is 0 Å². The summed E-state index contributed by atoms with van der Waals surface area (Å²) in [5.74, 6) is 3.08. The van der Waals surface area contributed by atoms with Gasteiger partial charge in [-0.25, -0.2) is 0 Å². The van der Waals surface area contributed by atoms with Gasteiger partial charge in [-0.05, 0) is 98.9 Å². The van der Waals surface area contributed by atoms with Crippen LogP contribution in [0.4, 0.5) is 0 Å². The van der Waals surface area contributed by atoms with Crippen LogP contribution in [0.2, 0.25) is 0 Å². The minimum absolute atomic E-state index is 0.0586. The number of rotatable bonds is 10. The number of unbranched alkanes of at least 4 members (excludes halogenated alkanes) is 7. The number of allylic oxidation sites excluding steroid dienone is 1. The standard InChI is InChI=1S/C30H50O3/c1-28-16-13-24(32)21-23(28)20-22(12-10-8-6-4-5-7-9-11-19-31)27-25(28)14-17-29(2)26(27)15-18-30(29,3)33/h21-22,25-27,31,33H,4-20H2,1-3H3/t22-,25+,26+,27-,28+,29+,30+/m1/s1. The first-order valence-electron chi connectivity index (χ1n) is 14.3. The lowest BCUT2D eigenvalue weighted by molar-refractivity contribution is -0.135. The van der Waals surface area contributed by atoms with Gasteiger partial charge in [0.05, 0.1) is 5.60 Å². The van der Waals surface area contributed by atoms with Crippen LogP contribution in [0.15, 0.2) is 11.6 Å². The Bertz CT molecular complexity index is 724. The SMILES string of the molecule is C[C@]12CCC(=O)C=C1C[C@@H](CCCCCCCCCCO)[C@@H]1[C@@H]2CC[C@@]2(C)[C@H]1CC[C@]2(C)O. The first-order valence-corrected chi connectivity index (χ1v) is 14.3. The number of hydrogen-bond donors (Lipinski definition) is 2. The molecule has 4 aliphatic rings. The molecule has 0 bridgehead atoms. The largest absolute Gasteiger partial charge is 0.396 e. The second kappa shape index (κ2) is 10.1. The van der Waals surface area contributed by atoms with E-state index in [0.717, 1.165) is 44.9 Å². The number of ketones is 1. The maximum Gasteiger partial charge on any atom is 0.155 e. The normalized spacial score (nSPS) is 42.5. The monoisotopic (exact) mass is 458 g/mol. The molecule has 0 saturated heterocycles. The zero-order valence-electron chi connectivity index (χ0n) is 21.7. The maximum absolute atomic E-state index is 12.3. The number of hydrogen-bond acceptors (Lipinski definition) is 3. The fourth-order valence-electron chi connectivity index (χ4n) is 8.82. The second-order valence-electron chi connectivity index (χ2n) is 12.9. The molecule has 3 nitrogen and oxygen atoms in total. The van der Waals surface area contributed by atoms with Crippen LogP contribution in [0, 0.1) is 34.5 Å². The van der Waals surface area contributed by atoms with Crippen molar-refractivity contribution in [2.45, 2.75) is 129 Å². The van der Waals surface area contributed by atoms with Gasteiger partial charge in [-0.15, -0.1) is 0 Å². The molecule has 188 valence electrons. The van der Waals surface area contributed by atoms with Crippen molar-refractivity contribution < 1.29 is 15.0 Å². The van der Waals surface area contributed by atoms with Crippen LogP contribution in [0.1, 0.15) is 124 Å². The van der Waals surface area contributed by atoms with Crippen molar-refractivity contribution >= 4 is 5.78 Å². The van der Waals surface area contributed by atoms with E-state index in [0.29, 0.717) is 36.1 Å². The Morgan fingerprint density at radius 3 is 2.21 bits per heavy atom. The summed E-state index contributed by atoms with van der Waals surface area (Å²) in [6.07, 6.45) is 20.7. The third-order valence-electron chi connectivity index (χ3n) is 11.2. The van der Waals surface area contributed by atoms with Crippen LogP contribution in [0.25, 0.3) is 0 Å². The van der Waals surface area contributed by atoms with Crippen molar-refractivity contribution in [1.82, 2.24) is 0 Å². The third-order valence-corrected chi connectivity index (χ3v) is 11.2. The molecule has 3 saturated carbocycles. The van der Waals surface area contributed by atoms with Crippen molar-refractivity contribution in [2.24, 2.45) is 34.5 Å². The van der Waals surface area contributed by atoms with E-state index < -0.39 is 5.60 Å². The Labute approximate surface area is 202 Å². The number of fused-ring (bicyclic) bond motifs is 5. The molecule has 0 aromatic rings. The van der Waals surface area contributed by atoms with Crippen molar-refractivity contribution in [3.05, 3.63) is 11.6 Å². The minimum atomic E-state index is -0.525. The first kappa shape index (κ1) is 25.4. The summed E-state index contributed by atoms with van der Waals surface area (Å²) in [6, 6.07) is 0. The summed E-state index contributed by atoms with van der Waals surface area (Å²) in [4.78, 5) is 12.3. The van der Waals surface area contributed by atoms with E-state index in [1.54, 1.807) is 0 Å². The predicted octanol–water partition coefficient (Wildman–Crippen LogP) is 7.00. The number of carbonyl (C=O) groups is 1. The average Bonchev–Trinajstić information content (AvgIpc) is 3.02. The molecule has 4 rings (SSSR count). The predicted molar refractivity (Wildman–Crippen MR) is 135 cm³/mol. The molecule has 0 unspecified atom stereocenters. The lowest BCUT2D eigenvalue weighted by Gasteiger charge is -2.61. The van der Waals surface area contributed by atoms with E-state index in [9.17, 15) is 9.90 Å². The van der Waals surface area contributed by atoms with Gasteiger partial charge >= 0.3 is 0 Å². The highest BCUT2D eigenvalue weighted by Crippen LogP contribution is 2.69. The highest BCUT2D eigenvalue weighted by atomic mass is 16.3. The smallest absolute Gasteiger partial charge is 0.155 e. The molecule has 0 heterocycles. The molecule has 4 aliphatic carbocycles. The molecular weight excluding hydrogens is 408 g/mol. The van der Waals surface area contributed by atoms with E-state index in [1.165, 1.54) is 63.4 Å². The van der Waals surface area contributed by atoms with E-state index in [1.807, 2.05) is 0 Å². The van der Waals surface area contributed by atoms with Crippen LogP contribution >= 0.6 is 0 Å². The van der Waals surface area contributed by atoms with Gasteiger partial charge in [-0.3, -0.25) is 4.79 Å². The van der Waals surface area contributed by atoms with Gasteiger partial charge in [0.25, 0.3) is 0 Å². The van der Waals surface area contributed by atoms with Gasteiger partial charge in [0, 0.05) is 13.0 Å². The quantitative estimate of drug-likeness (QED) is 0.347. The molecule has 33 heavy (non-hydrogen) atoms. The van der Waals surface area contributed by atoms with Crippen molar-refractivity contribution in [1.29, 1.82) is 0 Å². The van der Waals surface area contributed by atoms with Crippen LogP contribution in [-0.2, 0) is 4.79 Å². The Morgan fingerprint density at radius 2 is 1.52 bits per heavy atom. The zero-order chi connectivity index (χ0) is 23.7. The van der Waals surface area contributed by atoms with Crippen LogP contribution < -0.4 is 0 Å². The van der Waals surface area contributed by atoms with Crippen molar-refractivity contribution in [3.63, 3.8) is 0 Å². The van der Waals surface area contributed by atoms with Gasteiger partial charge in [0.1, 0.15) is 0 Å². The summed E-state index contributed by atoms with van der Waals surface area (Å²) < 4.78 is 0. The van der Waals surface area contributed by atoms with E-state index in [-0.39, 0.29) is 10.8 Å².